The Morgan fingerprint density at radius 1 is 1.29 bits per heavy atom. The lowest BCUT2D eigenvalue weighted by molar-refractivity contribution is -0.137. The molecule has 3 nitrogen and oxygen atoms in total. The number of carboxylic acids is 1. The molecule has 1 aliphatic carbocycles. The van der Waals surface area contributed by atoms with Crippen molar-refractivity contribution < 1.29 is 14.3 Å². The highest BCUT2D eigenvalue weighted by Gasteiger charge is 2.30. The zero-order chi connectivity index (χ0) is 14.8. The van der Waals surface area contributed by atoms with Crippen LogP contribution < -0.4 is 0 Å². The minimum Gasteiger partial charge on any atom is -0.481 e. The number of carbonyl (C=O) groups is 1. The summed E-state index contributed by atoms with van der Waals surface area (Å²) in [6.07, 6.45) is 5.31. The molecule has 0 aromatic heterocycles. The van der Waals surface area contributed by atoms with E-state index in [0.717, 1.165) is 50.8 Å². The van der Waals surface area contributed by atoms with Gasteiger partial charge in [-0.2, -0.15) is 0 Å². The number of nitrogens with zero attached hydrogens (tertiary/aromatic N) is 1. The number of likely N-dealkylation sites (tertiary alicyclic amines) is 1. The topological polar surface area (TPSA) is 40.5 Å². The lowest BCUT2D eigenvalue weighted by Gasteiger charge is -2.36. The summed E-state index contributed by atoms with van der Waals surface area (Å²) in [5.74, 6) is -0.280. The van der Waals surface area contributed by atoms with Gasteiger partial charge in [0.25, 0.3) is 0 Å². The highest BCUT2D eigenvalue weighted by Crippen LogP contribution is 2.38. The van der Waals surface area contributed by atoms with Gasteiger partial charge in [-0.15, -0.1) is 0 Å². The summed E-state index contributed by atoms with van der Waals surface area (Å²) in [4.78, 5) is 13.1. The van der Waals surface area contributed by atoms with E-state index in [4.69, 9.17) is 5.11 Å². The summed E-state index contributed by atoms with van der Waals surface area (Å²) in [7, 11) is 0. The third-order valence-corrected chi connectivity index (χ3v) is 5.01. The number of benzene rings is 1. The van der Waals surface area contributed by atoms with Gasteiger partial charge in [-0.25, -0.2) is 4.39 Å². The van der Waals surface area contributed by atoms with Gasteiger partial charge < -0.3 is 5.11 Å². The maximum Gasteiger partial charge on any atom is 0.303 e. The molecule has 1 unspecified atom stereocenters. The number of piperidine rings is 1. The van der Waals surface area contributed by atoms with Crippen molar-refractivity contribution in [3.63, 3.8) is 0 Å². The summed E-state index contributed by atoms with van der Waals surface area (Å²) < 4.78 is 13.3. The monoisotopic (exact) mass is 291 g/mol. The summed E-state index contributed by atoms with van der Waals surface area (Å²) in [6, 6.07) is 5.62. The highest BCUT2D eigenvalue weighted by molar-refractivity contribution is 5.66. The predicted octanol–water partition coefficient (Wildman–Crippen LogP) is 3.39. The van der Waals surface area contributed by atoms with Crippen LogP contribution in [0.1, 0.15) is 49.3 Å². The van der Waals surface area contributed by atoms with E-state index < -0.39 is 5.97 Å². The van der Waals surface area contributed by atoms with Crippen molar-refractivity contribution in [3.8, 4) is 0 Å². The number of aliphatic carboxylic acids is 1. The van der Waals surface area contributed by atoms with Crippen LogP contribution in [-0.2, 0) is 11.2 Å². The summed E-state index contributed by atoms with van der Waals surface area (Å²) in [5.41, 5.74) is 2.45. The van der Waals surface area contributed by atoms with Crippen LogP contribution in [0.3, 0.4) is 0 Å². The van der Waals surface area contributed by atoms with Gasteiger partial charge in [0.15, 0.2) is 0 Å². The van der Waals surface area contributed by atoms with Crippen LogP contribution in [0.5, 0.6) is 0 Å². The Morgan fingerprint density at radius 3 is 2.76 bits per heavy atom. The molecule has 0 spiro atoms. The second kappa shape index (κ2) is 6.14. The molecule has 0 bridgehead atoms. The van der Waals surface area contributed by atoms with Gasteiger partial charge in [-0.05, 0) is 74.4 Å². The zero-order valence-corrected chi connectivity index (χ0v) is 12.2. The lowest BCUT2D eigenvalue weighted by atomic mass is 9.91. The number of hydrogen-bond acceptors (Lipinski definition) is 2. The predicted molar refractivity (Wildman–Crippen MR) is 78.6 cm³/mol. The molecule has 0 amide bonds. The van der Waals surface area contributed by atoms with Crippen molar-refractivity contribution in [2.24, 2.45) is 5.92 Å². The molecule has 1 atom stereocenters. The molecule has 3 rings (SSSR count). The fourth-order valence-corrected chi connectivity index (χ4v) is 3.82. The maximum absolute atomic E-state index is 13.3. The third kappa shape index (κ3) is 3.26. The average Bonchev–Trinajstić information content (AvgIpc) is 2.88. The summed E-state index contributed by atoms with van der Waals surface area (Å²) in [5, 5.41) is 8.76. The van der Waals surface area contributed by atoms with Gasteiger partial charge >= 0.3 is 5.97 Å². The Bertz CT molecular complexity index is 524. The van der Waals surface area contributed by atoms with Crippen molar-refractivity contribution in [2.45, 2.75) is 44.6 Å². The van der Waals surface area contributed by atoms with E-state index in [1.807, 2.05) is 6.07 Å². The Balaban J connectivity index is 1.58. The number of halogens is 1. The minimum absolute atomic E-state index is 0.137. The lowest BCUT2D eigenvalue weighted by Crippen LogP contribution is -2.36. The Kier molecular flexibility index (Phi) is 4.24. The highest BCUT2D eigenvalue weighted by atomic mass is 19.1. The van der Waals surface area contributed by atoms with E-state index in [-0.39, 0.29) is 12.2 Å². The molecule has 0 saturated carbocycles. The van der Waals surface area contributed by atoms with Crippen molar-refractivity contribution >= 4 is 5.97 Å². The molecule has 1 aromatic carbocycles. The van der Waals surface area contributed by atoms with E-state index in [1.165, 1.54) is 5.56 Å². The number of carboxylic acid groups (broad SMARTS) is 1. The quantitative estimate of drug-likeness (QED) is 0.924. The molecule has 1 fully saturated rings. The van der Waals surface area contributed by atoms with Crippen LogP contribution in [0.2, 0.25) is 0 Å². The fraction of sp³-hybridized carbons (Fsp3) is 0.588. The Labute approximate surface area is 124 Å². The van der Waals surface area contributed by atoms with Gasteiger partial charge in [-0.1, -0.05) is 6.07 Å². The molecule has 21 heavy (non-hydrogen) atoms. The number of hydrogen-bond donors (Lipinski definition) is 1. The van der Waals surface area contributed by atoms with Crippen LogP contribution in [0.4, 0.5) is 4.39 Å². The minimum atomic E-state index is -0.691. The van der Waals surface area contributed by atoms with Gasteiger partial charge in [0.05, 0.1) is 0 Å². The van der Waals surface area contributed by atoms with E-state index in [1.54, 1.807) is 12.1 Å². The van der Waals surface area contributed by atoms with Crippen molar-refractivity contribution in [1.29, 1.82) is 0 Å². The smallest absolute Gasteiger partial charge is 0.303 e. The second-order valence-electron chi connectivity index (χ2n) is 6.31. The molecular formula is C17H22FNO2. The molecule has 4 heteroatoms. The van der Waals surface area contributed by atoms with Crippen molar-refractivity contribution in [2.75, 3.05) is 13.1 Å². The Hall–Kier alpha value is -1.42. The number of fused-ring (bicyclic) bond motifs is 1. The number of rotatable bonds is 4. The molecule has 0 radical (unpaired) electrons. The largest absolute Gasteiger partial charge is 0.481 e. The van der Waals surface area contributed by atoms with Crippen molar-refractivity contribution in [3.05, 3.63) is 35.1 Å². The second-order valence-corrected chi connectivity index (χ2v) is 6.31. The van der Waals surface area contributed by atoms with E-state index in [9.17, 15) is 9.18 Å². The van der Waals surface area contributed by atoms with Crippen LogP contribution in [0, 0.1) is 11.7 Å². The van der Waals surface area contributed by atoms with Gasteiger partial charge in [0, 0.05) is 12.5 Å². The standard InChI is InChI=1S/C17H22FNO2/c18-14-3-4-15-13(11-14)2-5-16(15)19-9-7-12(8-10-19)1-6-17(20)21/h3-4,11-12,16H,1-2,5-10H2,(H,20,21). The summed E-state index contributed by atoms with van der Waals surface area (Å²) in [6.45, 7) is 2.07. The van der Waals surface area contributed by atoms with Crippen molar-refractivity contribution in [1.82, 2.24) is 4.90 Å². The molecule has 2 aliphatic rings. The SMILES string of the molecule is O=C(O)CCC1CCN(C2CCc3cc(F)ccc32)CC1. The van der Waals surface area contributed by atoms with Gasteiger partial charge in [-0.3, -0.25) is 9.69 Å². The molecular weight excluding hydrogens is 269 g/mol. The van der Waals surface area contributed by atoms with Crippen LogP contribution in [-0.4, -0.2) is 29.1 Å². The Morgan fingerprint density at radius 2 is 2.05 bits per heavy atom. The molecule has 1 saturated heterocycles. The van der Waals surface area contributed by atoms with E-state index in [0.29, 0.717) is 12.0 Å². The van der Waals surface area contributed by atoms with E-state index >= 15 is 0 Å². The number of aryl methyl sites for hydroxylation is 1. The summed E-state index contributed by atoms with van der Waals surface area (Å²) >= 11 is 0. The first-order chi connectivity index (χ1) is 10.1. The molecule has 1 N–H and O–H groups in total. The molecule has 1 aromatic rings. The van der Waals surface area contributed by atoms with Gasteiger partial charge in [0.1, 0.15) is 5.82 Å². The first-order valence-electron chi connectivity index (χ1n) is 7.87. The molecule has 1 aliphatic heterocycles. The molecule has 114 valence electrons. The van der Waals surface area contributed by atoms with Crippen LogP contribution in [0.15, 0.2) is 18.2 Å². The zero-order valence-electron chi connectivity index (χ0n) is 12.2. The first kappa shape index (κ1) is 14.5. The third-order valence-electron chi connectivity index (χ3n) is 5.01. The fourth-order valence-electron chi connectivity index (χ4n) is 3.82. The van der Waals surface area contributed by atoms with Gasteiger partial charge in [0.2, 0.25) is 0 Å². The molecule has 1 heterocycles. The van der Waals surface area contributed by atoms with Crippen LogP contribution in [0.25, 0.3) is 0 Å². The normalized spacial score (nSPS) is 23.2. The van der Waals surface area contributed by atoms with E-state index in [2.05, 4.69) is 4.90 Å². The first-order valence-corrected chi connectivity index (χ1v) is 7.87. The average molecular weight is 291 g/mol. The maximum atomic E-state index is 13.3. The van der Waals surface area contributed by atoms with Crippen LogP contribution >= 0.6 is 0 Å².